The summed E-state index contributed by atoms with van der Waals surface area (Å²) in [6.07, 6.45) is -0.226. The zero-order chi connectivity index (χ0) is 33.7. The van der Waals surface area contributed by atoms with Crippen LogP contribution in [0.15, 0.2) is 60.7 Å². The third kappa shape index (κ3) is 7.01. The molecule has 3 aromatic carbocycles. The maximum Gasteiger partial charge on any atom is 0.407 e. The summed E-state index contributed by atoms with van der Waals surface area (Å²) in [4.78, 5) is 53.0. The summed E-state index contributed by atoms with van der Waals surface area (Å²) in [7, 11) is 3.03. The first-order valence-electron chi connectivity index (χ1n) is 15.5. The Morgan fingerprint density at radius 1 is 0.854 bits per heavy atom. The number of cyclic esters (lactones) is 1. The largest absolute Gasteiger partial charge is 0.496 e. The zero-order valence-corrected chi connectivity index (χ0v) is 26.5. The monoisotopic (exact) mass is 660 g/mol. The van der Waals surface area contributed by atoms with Crippen molar-refractivity contribution in [2.45, 2.75) is 31.0 Å². The van der Waals surface area contributed by atoms with Gasteiger partial charge in [0.05, 0.1) is 20.8 Å². The number of methoxy groups -OCH3 is 2. The molecule has 6 aliphatic heterocycles. The number of hydrogen-bond donors (Lipinski definition) is 3. The van der Waals surface area contributed by atoms with Gasteiger partial charge in [0, 0.05) is 49.7 Å². The van der Waals surface area contributed by atoms with Crippen LogP contribution in [0.3, 0.4) is 0 Å². The van der Waals surface area contributed by atoms with Gasteiger partial charge in [-0.3, -0.25) is 14.4 Å². The number of nitrogens with one attached hydrogen (secondary N) is 3. The lowest BCUT2D eigenvalue weighted by Crippen LogP contribution is -2.59. The number of likely N-dealkylation sites (tertiary alicyclic amines) is 1. The summed E-state index contributed by atoms with van der Waals surface area (Å²) in [6, 6.07) is 16.2. The van der Waals surface area contributed by atoms with E-state index in [1.54, 1.807) is 65.6 Å². The van der Waals surface area contributed by atoms with Gasteiger partial charge in [0.2, 0.25) is 5.91 Å². The Morgan fingerprint density at radius 3 is 2.29 bits per heavy atom. The minimum Gasteiger partial charge on any atom is -0.496 e. The number of alkyl carbamates (subject to hydrolysis) is 1. The second kappa shape index (κ2) is 14.0. The lowest BCUT2D eigenvalue weighted by atomic mass is 9.89. The van der Waals surface area contributed by atoms with Crippen molar-refractivity contribution >= 4 is 23.8 Å². The third-order valence-corrected chi connectivity index (χ3v) is 8.41. The van der Waals surface area contributed by atoms with Crippen molar-refractivity contribution in [1.29, 1.82) is 0 Å². The summed E-state index contributed by atoms with van der Waals surface area (Å²) in [5.41, 5.74) is -0.237. The molecule has 4 amide bonds. The van der Waals surface area contributed by atoms with E-state index in [9.17, 15) is 19.2 Å². The van der Waals surface area contributed by atoms with E-state index in [1.165, 1.54) is 14.2 Å². The third-order valence-electron chi connectivity index (χ3n) is 8.41. The van der Waals surface area contributed by atoms with E-state index in [4.69, 9.17) is 28.4 Å². The van der Waals surface area contributed by atoms with Crippen molar-refractivity contribution in [2.75, 3.05) is 47.1 Å². The maximum absolute atomic E-state index is 14.0. The average Bonchev–Trinajstić information content (AvgIpc) is 3.55. The molecule has 1 spiro atoms. The number of benzene rings is 3. The summed E-state index contributed by atoms with van der Waals surface area (Å²) >= 11 is 0. The van der Waals surface area contributed by atoms with Crippen LogP contribution in [0.4, 0.5) is 4.79 Å². The first-order valence-corrected chi connectivity index (χ1v) is 15.5. The number of carbonyl (C=O) groups is 4. The Hall–Kier alpha value is -5.66. The summed E-state index contributed by atoms with van der Waals surface area (Å²) in [5, 5.41) is 8.35. The molecule has 2 fully saturated rings. The molecule has 48 heavy (non-hydrogen) atoms. The molecule has 14 nitrogen and oxygen atoms in total. The van der Waals surface area contributed by atoms with Crippen molar-refractivity contribution in [3.05, 3.63) is 71.8 Å². The minimum atomic E-state index is -1.30. The Bertz CT molecular complexity index is 1690. The van der Waals surface area contributed by atoms with Crippen LogP contribution in [0.1, 0.15) is 28.8 Å². The Kier molecular flexibility index (Phi) is 9.41. The van der Waals surface area contributed by atoms with Gasteiger partial charge in [-0.15, -0.1) is 0 Å². The van der Waals surface area contributed by atoms with E-state index in [1.807, 2.05) is 0 Å². The minimum absolute atomic E-state index is 0.0390. The van der Waals surface area contributed by atoms with Gasteiger partial charge < -0.3 is 49.3 Å². The van der Waals surface area contributed by atoms with Crippen molar-refractivity contribution in [3.63, 3.8) is 0 Å². The molecule has 252 valence electrons. The first kappa shape index (κ1) is 32.3. The predicted molar refractivity (Wildman–Crippen MR) is 170 cm³/mol. The molecule has 14 heteroatoms. The molecule has 6 aliphatic rings. The fourth-order valence-corrected chi connectivity index (χ4v) is 5.76. The van der Waals surface area contributed by atoms with Gasteiger partial charge in [0.15, 0.2) is 17.1 Å². The summed E-state index contributed by atoms with van der Waals surface area (Å²) in [6.45, 7) is 0.987. The van der Waals surface area contributed by atoms with Crippen molar-refractivity contribution in [2.24, 2.45) is 0 Å². The molecule has 6 bridgehead atoms. The molecule has 9 rings (SSSR count). The molecule has 6 heterocycles. The van der Waals surface area contributed by atoms with Gasteiger partial charge in [-0.25, -0.2) is 4.79 Å². The van der Waals surface area contributed by atoms with E-state index < -0.39 is 17.7 Å². The molecule has 0 radical (unpaired) electrons. The number of rotatable bonds is 3. The molecule has 2 saturated heterocycles. The van der Waals surface area contributed by atoms with Crippen molar-refractivity contribution in [3.8, 4) is 34.5 Å². The van der Waals surface area contributed by atoms with Crippen LogP contribution in [0.2, 0.25) is 0 Å². The van der Waals surface area contributed by atoms with E-state index in [2.05, 4.69) is 16.0 Å². The second-order valence-corrected chi connectivity index (χ2v) is 11.4. The van der Waals surface area contributed by atoms with Gasteiger partial charge in [-0.1, -0.05) is 0 Å². The molecular formula is C34H36N4O10. The van der Waals surface area contributed by atoms with Crippen molar-refractivity contribution in [1.82, 2.24) is 20.9 Å². The van der Waals surface area contributed by atoms with E-state index in [0.717, 1.165) is 0 Å². The van der Waals surface area contributed by atoms with E-state index in [-0.39, 0.29) is 70.0 Å². The average molecular weight is 661 g/mol. The second-order valence-electron chi connectivity index (χ2n) is 11.4. The Morgan fingerprint density at radius 2 is 1.58 bits per heavy atom. The molecule has 0 aromatic heterocycles. The highest BCUT2D eigenvalue weighted by atomic mass is 16.6. The van der Waals surface area contributed by atoms with Crippen LogP contribution in [0.5, 0.6) is 34.5 Å². The lowest BCUT2D eigenvalue weighted by molar-refractivity contribution is -0.147. The molecule has 0 aliphatic carbocycles. The van der Waals surface area contributed by atoms with Crippen LogP contribution in [-0.2, 0) is 20.9 Å². The molecule has 1 atom stereocenters. The first-order chi connectivity index (χ1) is 23.3. The molecular weight excluding hydrogens is 624 g/mol. The maximum atomic E-state index is 14.0. The molecule has 3 aromatic rings. The number of amides is 4. The fraction of sp³-hybridized carbons (Fsp3) is 0.353. The number of piperidine rings is 1. The highest BCUT2D eigenvalue weighted by Crippen LogP contribution is 2.36. The van der Waals surface area contributed by atoms with E-state index >= 15 is 0 Å². The highest BCUT2D eigenvalue weighted by Gasteiger charge is 2.46. The summed E-state index contributed by atoms with van der Waals surface area (Å²) in [5.74, 6) is 1.72. The molecule has 0 saturated carbocycles. The van der Waals surface area contributed by atoms with Gasteiger partial charge in [0.25, 0.3) is 11.8 Å². The standard InChI is InChI=1S/C34H36N4O10/c1-43-27-10-4-21-17-29(27)47-25-5-3-22(28(18-25)44-2)19-36-32(41)34(11-14-38(15-12-34)31(40)26-20-46-33(42)37-26)48-24-8-6-23(7-9-24)45-16-13-35-30(21)39/h3-10,17-18,26H,11-16,19-20H2,1-2H3,(H,35,39)(H,36,41)(H,37,42)/t26-/m0/s1. The lowest BCUT2D eigenvalue weighted by Gasteiger charge is -2.41. The van der Waals surface area contributed by atoms with Crippen LogP contribution in [0, 0.1) is 0 Å². The van der Waals surface area contributed by atoms with Crippen LogP contribution in [-0.4, -0.2) is 87.4 Å². The number of nitrogens with zero attached hydrogens (tertiary/aromatic N) is 1. The van der Waals surface area contributed by atoms with Gasteiger partial charge in [0.1, 0.15) is 42.3 Å². The van der Waals surface area contributed by atoms with Gasteiger partial charge in [-0.2, -0.15) is 0 Å². The quantitative estimate of drug-likeness (QED) is 0.381. The van der Waals surface area contributed by atoms with Gasteiger partial charge >= 0.3 is 6.09 Å². The molecule has 0 unspecified atom stereocenters. The summed E-state index contributed by atoms with van der Waals surface area (Å²) < 4.78 is 34.3. The normalized spacial score (nSPS) is 19.2. The van der Waals surface area contributed by atoms with Crippen LogP contribution in [0.25, 0.3) is 0 Å². The zero-order valence-electron chi connectivity index (χ0n) is 26.5. The number of ether oxygens (including phenoxy) is 6. The van der Waals surface area contributed by atoms with Crippen molar-refractivity contribution < 1.29 is 47.6 Å². The number of hydrogen-bond acceptors (Lipinski definition) is 10. The topological polar surface area (TPSA) is 163 Å². The van der Waals surface area contributed by atoms with Crippen LogP contribution < -0.4 is 39.6 Å². The van der Waals surface area contributed by atoms with Gasteiger partial charge in [-0.05, 0) is 54.6 Å². The Labute approximate surface area is 276 Å². The predicted octanol–water partition coefficient (Wildman–Crippen LogP) is 2.78. The van der Waals surface area contributed by atoms with E-state index in [0.29, 0.717) is 45.6 Å². The SMILES string of the molecule is COc1cc2ccc1CNC(=O)C1(CCN(C(=O)[C@@H]3COC(=O)N3)CC1)Oc1ccc(cc1)OCCNC(=O)c1ccc(OC)c(c1)O2. The fourth-order valence-electron chi connectivity index (χ4n) is 5.76. The number of carbonyl (C=O) groups excluding carboxylic acids is 4. The smallest absolute Gasteiger partial charge is 0.407 e. The Balaban J connectivity index is 1.27. The van der Waals surface area contributed by atoms with Crippen LogP contribution >= 0.6 is 0 Å². The highest BCUT2D eigenvalue weighted by molar-refractivity contribution is 5.95. The molecule has 3 N–H and O–H groups in total.